The van der Waals surface area contributed by atoms with E-state index in [4.69, 9.17) is 4.74 Å². The van der Waals surface area contributed by atoms with E-state index in [1.54, 1.807) is 0 Å². The normalized spacial score (nSPS) is 39.9. The van der Waals surface area contributed by atoms with Gasteiger partial charge in [-0.25, -0.2) is 0 Å². The van der Waals surface area contributed by atoms with E-state index in [-0.39, 0.29) is 0 Å². The average Bonchev–Trinajstić information content (AvgIpc) is 2.62. The van der Waals surface area contributed by atoms with Crippen LogP contribution in [-0.4, -0.2) is 12.7 Å². The van der Waals surface area contributed by atoms with E-state index in [1.807, 2.05) is 0 Å². The Balaban J connectivity index is 1.30. The van der Waals surface area contributed by atoms with Gasteiger partial charge in [-0.2, -0.15) is 0 Å². The average molecular weight is 347 g/mol. The Morgan fingerprint density at radius 1 is 0.760 bits per heavy atom. The Hall–Kier alpha value is -0.300. The molecule has 3 aliphatic rings. The molecule has 0 saturated heterocycles. The lowest BCUT2D eigenvalue weighted by atomic mass is 9.68. The molecule has 0 aliphatic heterocycles. The molecule has 3 aliphatic carbocycles. The molecule has 0 N–H and O–H groups in total. The van der Waals surface area contributed by atoms with E-state index >= 15 is 0 Å². The van der Waals surface area contributed by atoms with Gasteiger partial charge in [-0.1, -0.05) is 12.5 Å². The van der Waals surface area contributed by atoms with Crippen LogP contribution in [0.2, 0.25) is 0 Å². The third-order valence-corrected chi connectivity index (χ3v) is 7.62. The topological polar surface area (TPSA) is 9.23 Å². The molecule has 0 aromatic rings. The lowest BCUT2D eigenvalue weighted by Gasteiger charge is -2.38. The molecule has 1 nitrogen and oxygen atoms in total. The van der Waals surface area contributed by atoms with Crippen molar-refractivity contribution >= 4 is 0 Å². The number of rotatable bonds is 6. The zero-order valence-electron chi connectivity index (χ0n) is 17.0. The predicted octanol–water partition coefficient (Wildman–Crippen LogP) is 7.16. The summed E-state index contributed by atoms with van der Waals surface area (Å²) in [6, 6.07) is 0. The molecule has 25 heavy (non-hydrogen) atoms. The van der Waals surface area contributed by atoms with Gasteiger partial charge in [-0.3, -0.25) is 0 Å². The highest BCUT2D eigenvalue weighted by atomic mass is 16.5. The first kappa shape index (κ1) is 19.5. The number of allylic oxidation sites excluding steroid dienone is 1. The van der Waals surface area contributed by atoms with Crippen LogP contribution in [0, 0.1) is 29.6 Å². The van der Waals surface area contributed by atoms with Crippen molar-refractivity contribution in [2.75, 3.05) is 6.61 Å². The summed E-state index contributed by atoms with van der Waals surface area (Å²) < 4.78 is 6.29. The van der Waals surface area contributed by atoms with E-state index < -0.39 is 0 Å². The number of hydrogen-bond donors (Lipinski definition) is 0. The summed E-state index contributed by atoms with van der Waals surface area (Å²) >= 11 is 0. The maximum absolute atomic E-state index is 6.29. The molecule has 1 heteroatoms. The number of ether oxygens (including phenoxy) is 1. The van der Waals surface area contributed by atoms with Crippen LogP contribution in [0.1, 0.15) is 97.3 Å². The molecule has 0 unspecified atom stereocenters. The second-order valence-corrected chi connectivity index (χ2v) is 9.94. The molecule has 0 spiro atoms. The van der Waals surface area contributed by atoms with Crippen molar-refractivity contribution in [3.63, 3.8) is 0 Å². The monoisotopic (exact) mass is 346 g/mol. The van der Waals surface area contributed by atoms with Gasteiger partial charge in [0, 0.05) is 6.61 Å². The highest BCUT2D eigenvalue weighted by molar-refractivity contribution is 4.92. The van der Waals surface area contributed by atoms with E-state index in [2.05, 4.69) is 20.4 Å². The minimum atomic E-state index is 0.581. The van der Waals surface area contributed by atoms with Gasteiger partial charge in [0.25, 0.3) is 0 Å². The molecule has 0 bridgehead atoms. The van der Waals surface area contributed by atoms with Gasteiger partial charge < -0.3 is 4.74 Å². The molecule has 3 rings (SSSR count). The second-order valence-electron chi connectivity index (χ2n) is 9.94. The molecular weight excluding hydrogens is 304 g/mol. The van der Waals surface area contributed by atoms with E-state index in [9.17, 15) is 0 Å². The van der Waals surface area contributed by atoms with E-state index in [1.165, 1.54) is 89.0 Å². The smallest absolute Gasteiger partial charge is 0.0575 e. The molecule has 0 radical (unpaired) electrons. The minimum absolute atomic E-state index is 0.581. The van der Waals surface area contributed by atoms with Gasteiger partial charge in [-0.15, -0.1) is 6.58 Å². The SMILES string of the molecule is C=C(C)CC1CCC(C2CCC(COC3CCC(C)CC3)CC2)CC1. The van der Waals surface area contributed by atoms with Gasteiger partial charge in [0.05, 0.1) is 6.10 Å². The first-order valence-corrected chi connectivity index (χ1v) is 11.4. The first-order chi connectivity index (χ1) is 12.1. The van der Waals surface area contributed by atoms with Crippen molar-refractivity contribution < 1.29 is 4.74 Å². The highest BCUT2D eigenvalue weighted by Crippen LogP contribution is 2.42. The summed E-state index contributed by atoms with van der Waals surface area (Å²) in [6.07, 6.45) is 18.9. The Morgan fingerprint density at radius 2 is 1.28 bits per heavy atom. The molecule has 0 aromatic carbocycles. The zero-order valence-corrected chi connectivity index (χ0v) is 17.0. The van der Waals surface area contributed by atoms with Crippen LogP contribution >= 0.6 is 0 Å². The Kier molecular flexibility index (Phi) is 7.46. The van der Waals surface area contributed by atoms with Crippen molar-refractivity contribution in [1.29, 1.82) is 0 Å². The van der Waals surface area contributed by atoms with Crippen molar-refractivity contribution in [2.24, 2.45) is 29.6 Å². The maximum Gasteiger partial charge on any atom is 0.0575 e. The van der Waals surface area contributed by atoms with Crippen molar-refractivity contribution in [3.05, 3.63) is 12.2 Å². The van der Waals surface area contributed by atoms with Crippen LogP contribution in [-0.2, 0) is 4.74 Å². The summed E-state index contributed by atoms with van der Waals surface area (Å²) in [4.78, 5) is 0. The van der Waals surface area contributed by atoms with Crippen LogP contribution < -0.4 is 0 Å². The van der Waals surface area contributed by atoms with Crippen molar-refractivity contribution in [3.8, 4) is 0 Å². The fourth-order valence-corrected chi connectivity index (χ4v) is 5.85. The Bertz CT molecular complexity index is 390. The second kappa shape index (κ2) is 9.58. The Labute approximate surface area is 157 Å². The molecule has 0 aromatic heterocycles. The first-order valence-electron chi connectivity index (χ1n) is 11.4. The molecule has 144 valence electrons. The standard InChI is InChI=1S/C24H42O/c1-18(2)16-20-6-10-22(11-7-20)23-12-8-21(9-13-23)17-25-24-14-4-19(3)5-15-24/h19-24H,1,4-17H2,2-3H3. The van der Waals surface area contributed by atoms with Crippen LogP contribution in [0.15, 0.2) is 12.2 Å². The molecule has 0 atom stereocenters. The quantitative estimate of drug-likeness (QED) is 0.463. The largest absolute Gasteiger partial charge is 0.378 e. The van der Waals surface area contributed by atoms with Crippen molar-refractivity contribution in [2.45, 2.75) is 103 Å². The van der Waals surface area contributed by atoms with Crippen LogP contribution in [0.4, 0.5) is 0 Å². The van der Waals surface area contributed by atoms with Crippen LogP contribution in [0.25, 0.3) is 0 Å². The zero-order chi connectivity index (χ0) is 17.6. The van der Waals surface area contributed by atoms with E-state index in [0.29, 0.717) is 6.10 Å². The lowest BCUT2D eigenvalue weighted by molar-refractivity contribution is -0.0111. The third-order valence-electron chi connectivity index (χ3n) is 7.62. The van der Waals surface area contributed by atoms with Gasteiger partial charge in [0.1, 0.15) is 0 Å². The number of hydrogen-bond acceptors (Lipinski definition) is 1. The summed E-state index contributed by atoms with van der Waals surface area (Å²) in [7, 11) is 0. The van der Waals surface area contributed by atoms with Crippen LogP contribution in [0.5, 0.6) is 0 Å². The minimum Gasteiger partial charge on any atom is -0.378 e. The molecule has 3 fully saturated rings. The highest BCUT2D eigenvalue weighted by Gasteiger charge is 2.31. The molecular formula is C24H42O. The summed E-state index contributed by atoms with van der Waals surface area (Å²) in [6.45, 7) is 9.75. The fraction of sp³-hybridized carbons (Fsp3) is 0.917. The predicted molar refractivity (Wildman–Crippen MR) is 108 cm³/mol. The molecule has 0 heterocycles. The van der Waals surface area contributed by atoms with Crippen molar-refractivity contribution in [1.82, 2.24) is 0 Å². The maximum atomic E-state index is 6.29. The van der Waals surface area contributed by atoms with Gasteiger partial charge in [-0.05, 0) is 120 Å². The molecule has 3 saturated carbocycles. The third kappa shape index (κ3) is 6.12. The summed E-state index contributed by atoms with van der Waals surface area (Å²) in [5.74, 6) is 4.79. The molecule has 0 amide bonds. The van der Waals surface area contributed by atoms with Crippen LogP contribution in [0.3, 0.4) is 0 Å². The van der Waals surface area contributed by atoms with Gasteiger partial charge >= 0.3 is 0 Å². The van der Waals surface area contributed by atoms with E-state index in [0.717, 1.165) is 36.2 Å². The summed E-state index contributed by atoms with van der Waals surface area (Å²) in [5, 5.41) is 0. The van der Waals surface area contributed by atoms with Gasteiger partial charge in [0.2, 0.25) is 0 Å². The Morgan fingerprint density at radius 3 is 1.80 bits per heavy atom. The fourth-order valence-electron chi connectivity index (χ4n) is 5.85. The summed E-state index contributed by atoms with van der Waals surface area (Å²) in [5.41, 5.74) is 1.39. The van der Waals surface area contributed by atoms with Gasteiger partial charge in [0.15, 0.2) is 0 Å². The lowest BCUT2D eigenvalue weighted by Crippen LogP contribution is -2.29.